The number of nitrogens with zero attached hydrogens (tertiary/aromatic N) is 4. The number of amides is 2. The minimum Gasteiger partial charge on any atom is -0.340 e. The van der Waals surface area contributed by atoms with Gasteiger partial charge in [-0.25, -0.2) is 31.6 Å². The molecule has 0 bridgehead atoms. The first-order valence-corrected chi connectivity index (χ1v) is 12.9. The van der Waals surface area contributed by atoms with Crippen molar-refractivity contribution < 1.29 is 49.3 Å². The second-order valence-corrected chi connectivity index (χ2v) is 10.8. The Morgan fingerprint density at radius 3 is 2.36 bits per heavy atom. The van der Waals surface area contributed by atoms with E-state index >= 15 is 4.39 Å². The molecular weight excluding hydrogens is 584 g/mol. The summed E-state index contributed by atoms with van der Waals surface area (Å²) in [7, 11) is 0. The Morgan fingerprint density at radius 2 is 1.79 bits per heavy atom. The third-order valence-electron chi connectivity index (χ3n) is 7.59. The van der Waals surface area contributed by atoms with Crippen LogP contribution in [-0.4, -0.2) is 68.1 Å². The molecule has 2 fully saturated rings. The molecule has 2 aliphatic rings. The number of likely N-dealkylation sites (tertiary alicyclic amines) is 1. The van der Waals surface area contributed by atoms with Crippen molar-refractivity contribution in [1.29, 1.82) is 0 Å². The van der Waals surface area contributed by atoms with Crippen molar-refractivity contribution in [3.63, 3.8) is 0 Å². The molecule has 228 valence electrons. The third kappa shape index (κ3) is 6.04. The van der Waals surface area contributed by atoms with Gasteiger partial charge in [0.15, 0.2) is 11.5 Å². The Bertz CT molecular complexity index is 1480. The minimum atomic E-state index is -4.93. The molecule has 1 aromatic carbocycles. The number of aromatic nitrogens is 4. The summed E-state index contributed by atoms with van der Waals surface area (Å²) in [5.41, 5.74) is -1.23. The second kappa shape index (κ2) is 10.5. The molecule has 1 saturated heterocycles. The molecule has 2 aromatic heterocycles. The number of alkyl halides is 7. The van der Waals surface area contributed by atoms with Crippen LogP contribution in [0.5, 0.6) is 0 Å². The van der Waals surface area contributed by atoms with E-state index in [4.69, 9.17) is 0 Å². The summed E-state index contributed by atoms with van der Waals surface area (Å²) in [6.07, 6.45) is -7.77. The van der Waals surface area contributed by atoms with E-state index in [0.717, 1.165) is 6.07 Å². The Balaban J connectivity index is 1.50. The van der Waals surface area contributed by atoms with E-state index in [0.29, 0.717) is 4.90 Å². The molecule has 2 atom stereocenters. The molecule has 3 heterocycles. The second-order valence-electron chi connectivity index (χ2n) is 10.8. The standard InChI is InChI=1S/C25H24F8N6O3/c1-11-17(38-42-37-11)21(40)36-18(12-4-6-23(27,28)7-5-12)20-34-15-3-2-13(16(26)19(15)35-20)14(8-25(31,32)33)22(41)39-9-24(29,30)10-39/h2-3,12,14,18H,4-10H2,1H3,(H,34,35)(H,36,40). The number of carbonyl (C=O) groups is 2. The monoisotopic (exact) mass is 608 g/mol. The molecule has 0 radical (unpaired) electrons. The number of fused-ring (bicyclic) bond motifs is 1. The molecule has 0 spiro atoms. The van der Waals surface area contributed by atoms with Gasteiger partial charge in [-0.05, 0) is 36.9 Å². The molecule has 42 heavy (non-hydrogen) atoms. The van der Waals surface area contributed by atoms with E-state index in [2.05, 4.69) is 30.2 Å². The number of hydrogen-bond acceptors (Lipinski definition) is 6. The maximum absolute atomic E-state index is 15.8. The van der Waals surface area contributed by atoms with E-state index in [1.54, 1.807) is 0 Å². The first-order valence-electron chi connectivity index (χ1n) is 12.9. The molecule has 2 N–H and O–H groups in total. The van der Waals surface area contributed by atoms with Gasteiger partial charge in [-0.1, -0.05) is 11.2 Å². The number of benzene rings is 1. The van der Waals surface area contributed by atoms with Gasteiger partial charge in [-0.2, -0.15) is 13.2 Å². The number of hydrogen-bond donors (Lipinski definition) is 2. The van der Waals surface area contributed by atoms with E-state index in [1.807, 2.05) is 0 Å². The summed E-state index contributed by atoms with van der Waals surface area (Å²) >= 11 is 0. The van der Waals surface area contributed by atoms with Crippen LogP contribution >= 0.6 is 0 Å². The van der Waals surface area contributed by atoms with Gasteiger partial charge < -0.3 is 15.2 Å². The van der Waals surface area contributed by atoms with Crippen LogP contribution in [0.25, 0.3) is 11.0 Å². The number of H-pyrrole nitrogens is 1. The lowest BCUT2D eigenvalue weighted by Crippen LogP contribution is -2.59. The highest BCUT2D eigenvalue weighted by Gasteiger charge is 2.50. The van der Waals surface area contributed by atoms with Gasteiger partial charge in [0.05, 0.1) is 37.0 Å². The van der Waals surface area contributed by atoms with E-state index in [-0.39, 0.29) is 35.6 Å². The summed E-state index contributed by atoms with van der Waals surface area (Å²) in [6.45, 7) is -0.725. The Hall–Kier alpha value is -3.79. The van der Waals surface area contributed by atoms with Crippen molar-refractivity contribution in [2.24, 2.45) is 5.92 Å². The maximum Gasteiger partial charge on any atom is 0.390 e. The fraction of sp³-hybridized carbons (Fsp3) is 0.560. The van der Waals surface area contributed by atoms with Crippen LogP contribution in [0.3, 0.4) is 0 Å². The number of carbonyl (C=O) groups excluding carboxylic acids is 2. The number of aryl methyl sites for hydroxylation is 1. The van der Waals surface area contributed by atoms with Gasteiger partial charge in [0.25, 0.3) is 11.8 Å². The molecule has 1 aliphatic carbocycles. The quantitative estimate of drug-likeness (QED) is 0.356. The summed E-state index contributed by atoms with van der Waals surface area (Å²) in [5.74, 6) is -12.3. The summed E-state index contributed by atoms with van der Waals surface area (Å²) in [6, 6.07) is 1.03. The summed E-state index contributed by atoms with van der Waals surface area (Å²) in [4.78, 5) is 33.2. The Kier molecular flexibility index (Phi) is 7.41. The zero-order chi connectivity index (χ0) is 30.6. The van der Waals surface area contributed by atoms with Gasteiger partial charge in [0.2, 0.25) is 11.8 Å². The number of rotatable bonds is 7. The van der Waals surface area contributed by atoms with Crippen LogP contribution in [0, 0.1) is 18.7 Å². The van der Waals surface area contributed by atoms with Crippen molar-refractivity contribution in [2.45, 2.75) is 69.0 Å². The molecule has 2 unspecified atom stereocenters. The number of aromatic amines is 1. The normalized spacial score (nSPS) is 20.3. The van der Waals surface area contributed by atoms with Crippen molar-refractivity contribution in [1.82, 2.24) is 30.5 Å². The van der Waals surface area contributed by atoms with E-state index in [9.17, 15) is 40.3 Å². The molecule has 5 rings (SSSR count). The van der Waals surface area contributed by atoms with E-state index in [1.165, 1.54) is 13.0 Å². The average Bonchev–Trinajstić information content (AvgIpc) is 3.51. The number of halogens is 8. The fourth-order valence-corrected chi connectivity index (χ4v) is 5.40. The topological polar surface area (TPSA) is 117 Å². The van der Waals surface area contributed by atoms with Crippen LogP contribution in [0.2, 0.25) is 0 Å². The van der Waals surface area contributed by atoms with Crippen LogP contribution in [0.15, 0.2) is 16.8 Å². The predicted molar refractivity (Wildman–Crippen MR) is 127 cm³/mol. The van der Waals surface area contributed by atoms with Gasteiger partial charge in [0, 0.05) is 18.4 Å². The lowest BCUT2D eigenvalue weighted by atomic mass is 9.81. The van der Waals surface area contributed by atoms with Gasteiger partial charge in [-0.15, -0.1) is 0 Å². The Labute approximate surface area is 232 Å². The first kappa shape index (κ1) is 29.7. The molecular formula is C25H24F8N6O3. The maximum atomic E-state index is 15.8. The fourth-order valence-electron chi connectivity index (χ4n) is 5.40. The van der Waals surface area contributed by atoms with Crippen LogP contribution < -0.4 is 5.32 Å². The highest BCUT2D eigenvalue weighted by Crippen LogP contribution is 2.42. The number of imidazole rings is 1. The van der Waals surface area contributed by atoms with Gasteiger partial charge in [-0.3, -0.25) is 9.59 Å². The largest absolute Gasteiger partial charge is 0.390 e. The molecule has 3 aromatic rings. The van der Waals surface area contributed by atoms with Crippen LogP contribution in [-0.2, 0) is 4.79 Å². The molecule has 2 amide bonds. The molecule has 9 nitrogen and oxygen atoms in total. The summed E-state index contributed by atoms with van der Waals surface area (Å²) < 4.78 is 115. The van der Waals surface area contributed by atoms with Crippen LogP contribution in [0.4, 0.5) is 35.1 Å². The minimum absolute atomic E-state index is 0.0142. The molecule has 1 saturated carbocycles. The van der Waals surface area contributed by atoms with Gasteiger partial charge >= 0.3 is 6.18 Å². The van der Waals surface area contributed by atoms with Crippen LogP contribution in [0.1, 0.15) is 71.6 Å². The lowest BCUT2D eigenvalue weighted by Gasteiger charge is -2.40. The van der Waals surface area contributed by atoms with Crippen molar-refractivity contribution >= 4 is 22.8 Å². The SMILES string of the molecule is Cc1nonc1C(=O)NC(c1nc2c(F)c(C(CC(F)(F)F)C(=O)N3CC(F)(F)C3)ccc2[nH]1)C1CCC(F)(F)CC1. The molecule has 1 aliphatic heterocycles. The molecule has 17 heteroatoms. The van der Waals surface area contributed by atoms with E-state index < -0.39 is 97.0 Å². The smallest absolute Gasteiger partial charge is 0.340 e. The first-order chi connectivity index (χ1) is 19.5. The third-order valence-corrected chi connectivity index (χ3v) is 7.59. The number of nitrogens with one attached hydrogen (secondary N) is 2. The summed E-state index contributed by atoms with van der Waals surface area (Å²) in [5, 5.41) is 9.67. The van der Waals surface area contributed by atoms with Crippen molar-refractivity contribution in [3.8, 4) is 0 Å². The van der Waals surface area contributed by atoms with Gasteiger partial charge in [0.1, 0.15) is 17.0 Å². The lowest BCUT2D eigenvalue weighted by molar-refractivity contribution is -0.175. The highest BCUT2D eigenvalue weighted by atomic mass is 19.4. The zero-order valence-corrected chi connectivity index (χ0v) is 21.9. The Morgan fingerprint density at radius 1 is 1.12 bits per heavy atom. The predicted octanol–water partition coefficient (Wildman–Crippen LogP) is 5.20. The zero-order valence-electron chi connectivity index (χ0n) is 21.9. The van der Waals surface area contributed by atoms with Crippen molar-refractivity contribution in [3.05, 3.63) is 40.7 Å². The highest BCUT2D eigenvalue weighted by molar-refractivity contribution is 5.93. The van der Waals surface area contributed by atoms with Crippen molar-refractivity contribution in [2.75, 3.05) is 13.1 Å². The average molecular weight is 608 g/mol.